The molecule has 0 radical (unpaired) electrons. The van der Waals surface area contributed by atoms with Crippen molar-refractivity contribution in [3.8, 4) is 0 Å². The fraction of sp³-hybridized carbons (Fsp3) is 0.259. The maximum absolute atomic E-state index is 13.3. The Morgan fingerprint density at radius 2 is 1.80 bits per heavy atom. The predicted molar refractivity (Wildman–Crippen MR) is 131 cm³/mol. The Kier molecular flexibility index (Phi) is 11.0. The Morgan fingerprint density at radius 1 is 1.07 bits per heavy atom. The van der Waals surface area contributed by atoms with E-state index in [0.29, 0.717) is 5.69 Å². The van der Waals surface area contributed by atoms with Gasteiger partial charge in [-0.05, 0) is 62.1 Å². The first-order valence-electron chi connectivity index (χ1n) is 10.4. The minimum atomic E-state index is -0.270. The van der Waals surface area contributed by atoms with E-state index in [4.69, 9.17) is 0 Å². The average Bonchev–Trinajstić information content (AvgIpc) is 2.74. The lowest BCUT2D eigenvalue weighted by Gasteiger charge is -2.14. The predicted octanol–water partition coefficient (Wildman–Crippen LogP) is 7.55. The Labute approximate surface area is 181 Å². The van der Waals surface area contributed by atoms with E-state index in [2.05, 4.69) is 55.8 Å². The molecule has 2 rings (SSSR count). The van der Waals surface area contributed by atoms with Gasteiger partial charge in [-0.3, -0.25) is 0 Å². The molecule has 0 aliphatic rings. The molecule has 0 saturated carbocycles. The van der Waals surface area contributed by atoms with Gasteiger partial charge in [-0.15, -0.1) is 0 Å². The standard InChI is InChI=1S/C25H29FN2.C2H6/c1-6-8-22(17-28-24-10-7-9-23(26)16-24)21(5)27-14-13-20(4)25-15-18(2)11-12-19(25)3;1-2/h6-12,15-17,27-28H,4-5,13-14H2,1-3H3;1-2H3/b8-6-,22-17+;. The normalized spacial score (nSPS) is 10.9. The van der Waals surface area contributed by atoms with Crippen molar-refractivity contribution in [1.82, 2.24) is 5.32 Å². The van der Waals surface area contributed by atoms with Gasteiger partial charge in [0.2, 0.25) is 0 Å². The highest BCUT2D eigenvalue weighted by Gasteiger charge is 2.05. The average molecular weight is 407 g/mol. The summed E-state index contributed by atoms with van der Waals surface area (Å²) in [7, 11) is 0. The Bertz CT molecular complexity index is 907. The summed E-state index contributed by atoms with van der Waals surface area (Å²) in [5.74, 6) is -0.270. The third kappa shape index (κ3) is 8.12. The van der Waals surface area contributed by atoms with Crippen LogP contribution in [0.3, 0.4) is 0 Å². The minimum absolute atomic E-state index is 0.270. The molecule has 0 atom stereocenters. The van der Waals surface area contributed by atoms with Gasteiger partial charge in [0.15, 0.2) is 0 Å². The van der Waals surface area contributed by atoms with Crippen molar-refractivity contribution in [3.63, 3.8) is 0 Å². The molecular weight excluding hydrogens is 371 g/mol. The Morgan fingerprint density at radius 3 is 2.47 bits per heavy atom. The number of aryl methyl sites for hydroxylation is 2. The van der Waals surface area contributed by atoms with Gasteiger partial charge < -0.3 is 10.6 Å². The van der Waals surface area contributed by atoms with E-state index in [9.17, 15) is 4.39 Å². The quantitative estimate of drug-likeness (QED) is 0.420. The van der Waals surface area contributed by atoms with E-state index >= 15 is 0 Å². The van der Waals surface area contributed by atoms with Gasteiger partial charge in [0, 0.05) is 29.7 Å². The molecule has 0 heterocycles. The third-order valence-corrected chi connectivity index (χ3v) is 4.45. The molecule has 2 nitrogen and oxygen atoms in total. The number of halogens is 1. The smallest absolute Gasteiger partial charge is 0.125 e. The van der Waals surface area contributed by atoms with E-state index < -0.39 is 0 Å². The van der Waals surface area contributed by atoms with Crippen LogP contribution >= 0.6 is 0 Å². The SMILES string of the molecule is C=C(NCCC(=C)c1cc(C)ccc1C)C(/C=C\C)=C/Nc1cccc(F)c1.CC. The zero-order chi connectivity index (χ0) is 22.5. The van der Waals surface area contributed by atoms with E-state index in [1.165, 1.54) is 28.8 Å². The monoisotopic (exact) mass is 406 g/mol. The Balaban J connectivity index is 0.00000218. The van der Waals surface area contributed by atoms with Crippen LogP contribution in [0.4, 0.5) is 10.1 Å². The van der Waals surface area contributed by atoms with Crippen LogP contribution < -0.4 is 10.6 Å². The molecule has 0 spiro atoms. The maximum Gasteiger partial charge on any atom is 0.125 e. The fourth-order valence-electron chi connectivity index (χ4n) is 2.87. The first-order chi connectivity index (χ1) is 14.4. The lowest BCUT2D eigenvalue weighted by Crippen LogP contribution is -2.16. The zero-order valence-electron chi connectivity index (χ0n) is 19.0. The van der Waals surface area contributed by atoms with Crippen molar-refractivity contribution in [3.05, 3.63) is 108 Å². The summed E-state index contributed by atoms with van der Waals surface area (Å²) >= 11 is 0. The first kappa shape index (κ1) is 25.0. The molecule has 3 heteroatoms. The number of hydrogen-bond acceptors (Lipinski definition) is 2. The molecule has 2 N–H and O–H groups in total. The molecule has 0 saturated heterocycles. The maximum atomic E-state index is 13.3. The number of rotatable bonds is 9. The van der Waals surface area contributed by atoms with Crippen molar-refractivity contribution in [2.45, 2.75) is 41.0 Å². The number of anilines is 1. The van der Waals surface area contributed by atoms with Crippen LogP contribution in [0.25, 0.3) is 5.57 Å². The molecule has 0 bridgehead atoms. The van der Waals surface area contributed by atoms with Gasteiger partial charge in [0.25, 0.3) is 0 Å². The van der Waals surface area contributed by atoms with Crippen LogP contribution in [-0.4, -0.2) is 6.54 Å². The van der Waals surface area contributed by atoms with Gasteiger partial charge in [-0.25, -0.2) is 4.39 Å². The molecule has 30 heavy (non-hydrogen) atoms. The van der Waals surface area contributed by atoms with Crippen LogP contribution in [0, 0.1) is 19.7 Å². The summed E-state index contributed by atoms with van der Waals surface area (Å²) in [6.45, 7) is 19.3. The first-order valence-corrected chi connectivity index (χ1v) is 10.4. The van der Waals surface area contributed by atoms with E-state index in [-0.39, 0.29) is 5.82 Å². The molecule has 0 aliphatic carbocycles. The zero-order valence-corrected chi connectivity index (χ0v) is 19.0. The third-order valence-electron chi connectivity index (χ3n) is 4.45. The highest BCUT2D eigenvalue weighted by Crippen LogP contribution is 2.21. The van der Waals surface area contributed by atoms with Crippen LogP contribution in [0.1, 0.15) is 43.9 Å². The van der Waals surface area contributed by atoms with Crippen LogP contribution in [0.5, 0.6) is 0 Å². The largest absolute Gasteiger partial charge is 0.385 e. The second kappa shape index (κ2) is 13.2. The van der Waals surface area contributed by atoms with Gasteiger partial charge >= 0.3 is 0 Å². The number of hydrogen-bond donors (Lipinski definition) is 2. The highest BCUT2D eigenvalue weighted by molar-refractivity contribution is 5.67. The molecule has 2 aromatic rings. The van der Waals surface area contributed by atoms with E-state index in [1.54, 1.807) is 6.07 Å². The van der Waals surface area contributed by atoms with Gasteiger partial charge in [-0.2, -0.15) is 0 Å². The van der Waals surface area contributed by atoms with Crippen molar-refractivity contribution in [2.24, 2.45) is 0 Å². The molecule has 0 aliphatic heterocycles. The summed E-state index contributed by atoms with van der Waals surface area (Å²) in [5.41, 5.74) is 7.20. The lowest BCUT2D eigenvalue weighted by molar-refractivity contribution is 0.628. The molecule has 0 amide bonds. The summed E-state index contributed by atoms with van der Waals surface area (Å²) in [6.07, 6.45) is 6.55. The van der Waals surface area contributed by atoms with Crippen molar-refractivity contribution < 1.29 is 4.39 Å². The molecule has 0 unspecified atom stereocenters. The number of allylic oxidation sites excluding steroid dienone is 2. The van der Waals surface area contributed by atoms with Crippen LogP contribution in [0.2, 0.25) is 0 Å². The lowest BCUT2D eigenvalue weighted by atomic mass is 9.97. The summed E-state index contributed by atoms with van der Waals surface area (Å²) < 4.78 is 13.3. The van der Waals surface area contributed by atoms with Crippen LogP contribution in [-0.2, 0) is 0 Å². The fourth-order valence-corrected chi connectivity index (χ4v) is 2.87. The van der Waals surface area contributed by atoms with Crippen molar-refractivity contribution >= 4 is 11.3 Å². The molecule has 160 valence electrons. The summed E-state index contributed by atoms with van der Waals surface area (Å²) in [4.78, 5) is 0. The van der Waals surface area contributed by atoms with Crippen molar-refractivity contribution in [2.75, 3.05) is 11.9 Å². The second-order valence-electron chi connectivity index (χ2n) is 6.83. The number of benzene rings is 2. The summed E-state index contributed by atoms with van der Waals surface area (Å²) in [6, 6.07) is 12.8. The summed E-state index contributed by atoms with van der Waals surface area (Å²) in [5, 5.41) is 6.48. The van der Waals surface area contributed by atoms with Crippen LogP contribution in [0.15, 0.2) is 85.2 Å². The van der Waals surface area contributed by atoms with Gasteiger partial charge in [-0.1, -0.05) is 69.0 Å². The van der Waals surface area contributed by atoms with E-state index in [0.717, 1.165) is 29.8 Å². The number of nitrogens with one attached hydrogen (secondary N) is 2. The second-order valence-corrected chi connectivity index (χ2v) is 6.83. The highest BCUT2D eigenvalue weighted by atomic mass is 19.1. The van der Waals surface area contributed by atoms with Gasteiger partial charge in [0.1, 0.15) is 5.82 Å². The topological polar surface area (TPSA) is 24.1 Å². The van der Waals surface area contributed by atoms with Gasteiger partial charge in [0.05, 0.1) is 0 Å². The minimum Gasteiger partial charge on any atom is -0.385 e. The Hall–Kier alpha value is -3.07. The van der Waals surface area contributed by atoms with E-state index in [1.807, 2.05) is 45.2 Å². The molecule has 0 aromatic heterocycles. The molecule has 2 aromatic carbocycles. The molecule has 0 fully saturated rings. The molecular formula is C27H35FN2. The van der Waals surface area contributed by atoms with Crippen molar-refractivity contribution in [1.29, 1.82) is 0 Å².